The zero-order valence-electron chi connectivity index (χ0n) is 14.3. The molecule has 2 aromatic carbocycles. The van der Waals surface area contributed by atoms with Crippen molar-refractivity contribution in [3.8, 4) is 5.75 Å². The van der Waals surface area contributed by atoms with Gasteiger partial charge in [0.2, 0.25) is 0 Å². The fourth-order valence-corrected chi connectivity index (χ4v) is 3.91. The first kappa shape index (κ1) is 18.1. The van der Waals surface area contributed by atoms with Crippen LogP contribution in [-0.2, 0) is 4.79 Å². The highest BCUT2D eigenvalue weighted by atomic mass is 32.2. The zero-order chi connectivity index (χ0) is 19.7. The average Bonchev–Trinajstić information content (AvgIpc) is 2.95. The van der Waals surface area contributed by atoms with Gasteiger partial charge in [0.05, 0.1) is 16.0 Å². The topological polar surface area (TPSA) is 82.5 Å². The number of hydrogen-bond acceptors (Lipinski definition) is 6. The van der Waals surface area contributed by atoms with Crippen LogP contribution in [0.5, 0.6) is 5.75 Å². The molecule has 0 bridgehead atoms. The Bertz CT molecular complexity index is 1160. The number of rotatable bonds is 3. The SMILES string of the molecule is O=C(NN1C(=O)/C(=C/c2ccc3ncccc3c2)SC1=S)c1ccccc1O. The molecular formula is C20H13N3O3S2. The van der Waals surface area contributed by atoms with Crippen molar-refractivity contribution in [3.05, 3.63) is 76.8 Å². The number of thioether (sulfide) groups is 1. The number of carbonyl (C=O) groups excluding carboxylic acids is 2. The molecule has 0 atom stereocenters. The van der Waals surface area contributed by atoms with Gasteiger partial charge in [0.1, 0.15) is 5.75 Å². The number of thiocarbonyl (C=S) groups is 1. The second-order valence-corrected chi connectivity index (χ2v) is 7.61. The Morgan fingerprint density at radius 2 is 2.00 bits per heavy atom. The van der Waals surface area contributed by atoms with E-state index in [-0.39, 0.29) is 15.6 Å². The second-order valence-electron chi connectivity index (χ2n) is 5.93. The predicted octanol–water partition coefficient (Wildman–Crippen LogP) is 3.49. The molecule has 1 aromatic heterocycles. The third-order valence-electron chi connectivity index (χ3n) is 4.08. The van der Waals surface area contributed by atoms with Crippen molar-refractivity contribution >= 4 is 57.1 Å². The molecule has 0 unspecified atom stereocenters. The maximum Gasteiger partial charge on any atom is 0.285 e. The first-order valence-electron chi connectivity index (χ1n) is 8.24. The van der Waals surface area contributed by atoms with Crippen LogP contribution in [-0.4, -0.2) is 31.2 Å². The highest BCUT2D eigenvalue weighted by molar-refractivity contribution is 8.26. The Morgan fingerprint density at radius 1 is 1.18 bits per heavy atom. The summed E-state index contributed by atoms with van der Waals surface area (Å²) in [6.45, 7) is 0. The molecule has 138 valence electrons. The molecule has 1 fully saturated rings. The number of fused-ring (bicyclic) bond motifs is 1. The van der Waals surface area contributed by atoms with Crippen LogP contribution in [0, 0.1) is 0 Å². The number of para-hydroxylation sites is 1. The molecular weight excluding hydrogens is 394 g/mol. The number of nitrogens with one attached hydrogen (secondary N) is 1. The minimum Gasteiger partial charge on any atom is -0.507 e. The van der Waals surface area contributed by atoms with E-state index in [1.165, 1.54) is 12.1 Å². The van der Waals surface area contributed by atoms with Gasteiger partial charge in [-0.25, -0.2) is 0 Å². The van der Waals surface area contributed by atoms with Crippen molar-refractivity contribution in [2.24, 2.45) is 0 Å². The van der Waals surface area contributed by atoms with Crippen molar-refractivity contribution in [2.45, 2.75) is 0 Å². The molecule has 4 rings (SSSR count). The molecule has 0 saturated carbocycles. The number of hydrazine groups is 1. The summed E-state index contributed by atoms with van der Waals surface area (Å²) in [5.74, 6) is -1.22. The molecule has 8 heteroatoms. The zero-order valence-corrected chi connectivity index (χ0v) is 16.0. The van der Waals surface area contributed by atoms with Crippen LogP contribution in [0.2, 0.25) is 0 Å². The fourth-order valence-electron chi connectivity index (χ4n) is 2.73. The highest BCUT2D eigenvalue weighted by Gasteiger charge is 2.34. The Labute approximate surface area is 169 Å². The van der Waals surface area contributed by atoms with Crippen LogP contribution in [0.15, 0.2) is 65.7 Å². The molecule has 0 spiro atoms. The van der Waals surface area contributed by atoms with E-state index in [0.29, 0.717) is 4.91 Å². The number of aromatic nitrogens is 1. The van der Waals surface area contributed by atoms with E-state index in [1.54, 1.807) is 24.4 Å². The average molecular weight is 407 g/mol. The van der Waals surface area contributed by atoms with E-state index in [2.05, 4.69) is 10.4 Å². The lowest BCUT2D eigenvalue weighted by atomic mass is 10.1. The summed E-state index contributed by atoms with van der Waals surface area (Å²) < 4.78 is 0.211. The van der Waals surface area contributed by atoms with E-state index < -0.39 is 11.8 Å². The largest absolute Gasteiger partial charge is 0.507 e. The van der Waals surface area contributed by atoms with Crippen molar-refractivity contribution in [1.82, 2.24) is 15.4 Å². The van der Waals surface area contributed by atoms with Gasteiger partial charge in [0.15, 0.2) is 4.32 Å². The van der Waals surface area contributed by atoms with Crippen molar-refractivity contribution in [3.63, 3.8) is 0 Å². The molecule has 6 nitrogen and oxygen atoms in total. The van der Waals surface area contributed by atoms with Gasteiger partial charge >= 0.3 is 0 Å². The van der Waals surface area contributed by atoms with Crippen LogP contribution < -0.4 is 5.43 Å². The number of pyridine rings is 1. The summed E-state index contributed by atoms with van der Waals surface area (Å²) >= 11 is 6.33. The van der Waals surface area contributed by atoms with Gasteiger partial charge in [-0.2, -0.15) is 5.01 Å². The normalized spacial score (nSPS) is 15.4. The monoisotopic (exact) mass is 407 g/mol. The minimum absolute atomic E-state index is 0.0579. The van der Waals surface area contributed by atoms with Crippen LogP contribution in [0.4, 0.5) is 0 Å². The van der Waals surface area contributed by atoms with Gasteiger partial charge in [0, 0.05) is 11.6 Å². The summed E-state index contributed by atoms with van der Waals surface area (Å²) in [4.78, 5) is 29.7. The number of nitrogens with zero attached hydrogens (tertiary/aromatic N) is 2. The first-order valence-corrected chi connectivity index (χ1v) is 9.47. The van der Waals surface area contributed by atoms with Gasteiger partial charge in [-0.3, -0.25) is 20.0 Å². The van der Waals surface area contributed by atoms with E-state index in [4.69, 9.17) is 12.2 Å². The van der Waals surface area contributed by atoms with Crippen molar-refractivity contribution in [2.75, 3.05) is 0 Å². The van der Waals surface area contributed by atoms with Gasteiger partial charge in [0.25, 0.3) is 11.8 Å². The number of amides is 2. The molecule has 1 saturated heterocycles. The summed E-state index contributed by atoms with van der Waals surface area (Å²) in [6, 6.07) is 15.5. The Balaban J connectivity index is 1.57. The number of hydrogen-bond donors (Lipinski definition) is 2. The molecule has 0 aliphatic carbocycles. The number of benzene rings is 2. The van der Waals surface area contributed by atoms with E-state index >= 15 is 0 Å². The number of phenols is 1. The molecule has 3 aromatic rings. The van der Waals surface area contributed by atoms with Crippen LogP contribution >= 0.6 is 24.0 Å². The van der Waals surface area contributed by atoms with Gasteiger partial charge in [-0.05, 0) is 54.2 Å². The van der Waals surface area contributed by atoms with Crippen LogP contribution in [0.1, 0.15) is 15.9 Å². The lowest BCUT2D eigenvalue weighted by Crippen LogP contribution is -2.44. The maximum absolute atomic E-state index is 12.7. The predicted molar refractivity (Wildman–Crippen MR) is 112 cm³/mol. The molecule has 2 N–H and O–H groups in total. The summed E-state index contributed by atoms with van der Waals surface area (Å²) in [7, 11) is 0. The number of carbonyl (C=O) groups is 2. The Hall–Kier alpha value is -3.23. The quantitative estimate of drug-likeness (QED) is 0.511. The maximum atomic E-state index is 12.7. The first-order chi connectivity index (χ1) is 13.5. The minimum atomic E-state index is -0.618. The summed E-state index contributed by atoms with van der Waals surface area (Å²) in [6.07, 6.45) is 3.44. The van der Waals surface area contributed by atoms with E-state index in [0.717, 1.165) is 33.2 Å². The lowest BCUT2D eigenvalue weighted by molar-refractivity contribution is -0.123. The molecule has 1 aliphatic rings. The Kier molecular flexibility index (Phi) is 4.81. The summed E-state index contributed by atoms with van der Waals surface area (Å²) in [5, 5.41) is 11.8. The third-order valence-corrected chi connectivity index (χ3v) is 5.38. The summed E-state index contributed by atoms with van der Waals surface area (Å²) in [5.41, 5.74) is 4.20. The Morgan fingerprint density at radius 3 is 2.82 bits per heavy atom. The van der Waals surface area contributed by atoms with Gasteiger partial charge < -0.3 is 5.11 Å². The fraction of sp³-hybridized carbons (Fsp3) is 0. The standard InChI is InChI=1S/C20H13N3O3S2/c24-16-6-2-1-5-14(16)18(25)22-23-19(26)17(28-20(23)27)11-12-7-8-15-13(10-12)4-3-9-21-15/h1-11,24H,(H,22,25)/b17-11-. The van der Waals surface area contributed by atoms with E-state index in [9.17, 15) is 14.7 Å². The third kappa shape index (κ3) is 3.47. The van der Waals surface area contributed by atoms with Crippen LogP contribution in [0.25, 0.3) is 17.0 Å². The highest BCUT2D eigenvalue weighted by Crippen LogP contribution is 2.32. The smallest absolute Gasteiger partial charge is 0.285 e. The van der Waals surface area contributed by atoms with Crippen molar-refractivity contribution in [1.29, 1.82) is 0 Å². The van der Waals surface area contributed by atoms with Crippen molar-refractivity contribution < 1.29 is 14.7 Å². The molecule has 0 radical (unpaired) electrons. The number of aromatic hydroxyl groups is 1. The second kappa shape index (κ2) is 7.41. The van der Waals surface area contributed by atoms with Gasteiger partial charge in [-0.15, -0.1) is 0 Å². The van der Waals surface area contributed by atoms with Crippen LogP contribution in [0.3, 0.4) is 0 Å². The molecule has 2 amide bonds. The molecule has 1 aliphatic heterocycles. The molecule has 2 heterocycles. The lowest BCUT2D eigenvalue weighted by Gasteiger charge is -2.16. The number of phenolic OH excluding ortho intramolecular Hbond substituents is 1. The molecule has 28 heavy (non-hydrogen) atoms. The van der Waals surface area contributed by atoms with Gasteiger partial charge in [-0.1, -0.05) is 36.0 Å². The van der Waals surface area contributed by atoms with E-state index in [1.807, 2.05) is 30.3 Å².